The highest BCUT2D eigenvalue weighted by Gasteiger charge is 2.11. The molecule has 3 N–H and O–H groups in total. The largest absolute Gasteiger partial charge is 0.324 e. The summed E-state index contributed by atoms with van der Waals surface area (Å²) >= 11 is 2.88. The van der Waals surface area contributed by atoms with Crippen molar-refractivity contribution in [3.8, 4) is 0 Å². The van der Waals surface area contributed by atoms with Crippen molar-refractivity contribution in [2.45, 2.75) is 30.9 Å². The number of hydrogen-bond donors (Lipinski definition) is 2. The number of nitrogens with zero attached hydrogens (tertiary/aromatic N) is 4. The van der Waals surface area contributed by atoms with Gasteiger partial charge in [-0.3, -0.25) is 4.79 Å². The van der Waals surface area contributed by atoms with Crippen molar-refractivity contribution in [1.82, 2.24) is 24.7 Å². The van der Waals surface area contributed by atoms with E-state index in [4.69, 9.17) is 5.73 Å². The molecule has 0 fully saturated rings. The van der Waals surface area contributed by atoms with E-state index in [1.54, 1.807) is 0 Å². The van der Waals surface area contributed by atoms with Gasteiger partial charge in [0.2, 0.25) is 0 Å². The summed E-state index contributed by atoms with van der Waals surface area (Å²) in [6.45, 7) is 3.14. The van der Waals surface area contributed by atoms with Gasteiger partial charge in [-0.2, -0.15) is 0 Å². The molecular weight excluding hydrogens is 308 g/mol. The summed E-state index contributed by atoms with van der Waals surface area (Å²) in [5, 5.41) is 10.8. The van der Waals surface area contributed by atoms with Crippen LogP contribution in [0.2, 0.25) is 0 Å². The van der Waals surface area contributed by atoms with Gasteiger partial charge in [-0.25, -0.2) is 4.98 Å². The Labute approximate surface area is 128 Å². The second-order valence-electron chi connectivity index (χ2n) is 4.28. The number of H-pyrrole nitrogens is 1. The minimum atomic E-state index is -0.0924. The van der Waals surface area contributed by atoms with E-state index in [-0.39, 0.29) is 5.56 Å². The molecule has 3 rings (SSSR count). The van der Waals surface area contributed by atoms with Crippen molar-refractivity contribution in [2.75, 3.05) is 0 Å². The molecule has 7 nitrogen and oxygen atoms in total. The van der Waals surface area contributed by atoms with Crippen LogP contribution in [0.5, 0.6) is 0 Å². The lowest BCUT2D eigenvalue weighted by Gasteiger charge is -2.05. The van der Waals surface area contributed by atoms with Crippen molar-refractivity contribution in [3.63, 3.8) is 0 Å². The lowest BCUT2D eigenvalue weighted by atomic mass is 10.4. The molecule has 3 aromatic heterocycles. The lowest BCUT2D eigenvalue weighted by molar-refractivity contribution is 0.643. The van der Waals surface area contributed by atoms with Crippen LogP contribution in [-0.2, 0) is 18.8 Å². The van der Waals surface area contributed by atoms with E-state index in [9.17, 15) is 4.79 Å². The fraction of sp³-hybridized carbons (Fsp3) is 0.333. The Morgan fingerprint density at radius 1 is 1.48 bits per heavy atom. The average Bonchev–Trinajstić information content (AvgIpc) is 3.10. The zero-order chi connectivity index (χ0) is 14.8. The SMILES string of the molecule is CCn1c(CN)nnc1SCc1nc2ccsc2c(=O)[nH]1. The first-order chi connectivity index (χ1) is 10.2. The van der Waals surface area contributed by atoms with Crippen molar-refractivity contribution < 1.29 is 0 Å². The molecule has 0 bridgehead atoms. The Kier molecular flexibility index (Phi) is 4.04. The van der Waals surface area contributed by atoms with E-state index in [1.165, 1.54) is 23.1 Å². The molecule has 0 aromatic carbocycles. The Bertz CT molecular complexity index is 821. The fourth-order valence-electron chi connectivity index (χ4n) is 2.02. The Balaban J connectivity index is 1.83. The molecule has 3 heterocycles. The maximum atomic E-state index is 11.9. The van der Waals surface area contributed by atoms with E-state index in [2.05, 4.69) is 20.2 Å². The van der Waals surface area contributed by atoms with E-state index in [0.29, 0.717) is 22.8 Å². The van der Waals surface area contributed by atoms with Crippen molar-refractivity contribution in [2.24, 2.45) is 5.73 Å². The Morgan fingerprint density at radius 3 is 3.10 bits per heavy atom. The number of fused-ring (bicyclic) bond motifs is 1. The molecule has 0 spiro atoms. The number of nitrogens with one attached hydrogen (secondary N) is 1. The highest BCUT2D eigenvalue weighted by molar-refractivity contribution is 7.98. The van der Waals surface area contributed by atoms with Crippen LogP contribution in [0.3, 0.4) is 0 Å². The molecule has 21 heavy (non-hydrogen) atoms. The maximum absolute atomic E-state index is 11.9. The van der Waals surface area contributed by atoms with Gasteiger partial charge in [0.05, 0.1) is 17.8 Å². The Morgan fingerprint density at radius 2 is 2.33 bits per heavy atom. The third-order valence-electron chi connectivity index (χ3n) is 2.99. The molecule has 110 valence electrons. The van der Waals surface area contributed by atoms with Gasteiger partial charge in [0.1, 0.15) is 16.3 Å². The summed E-state index contributed by atoms with van der Waals surface area (Å²) in [7, 11) is 0. The molecule has 0 amide bonds. The molecular formula is C12H14N6OS2. The topological polar surface area (TPSA) is 102 Å². The third-order valence-corrected chi connectivity index (χ3v) is 4.87. The highest BCUT2D eigenvalue weighted by Crippen LogP contribution is 2.21. The van der Waals surface area contributed by atoms with Crippen LogP contribution in [0.15, 0.2) is 21.4 Å². The molecule has 0 unspecified atom stereocenters. The normalized spacial score (nSPS) is 11.3. The van der Waals surface area contributed by atoms with E-state index in [0.717, 1.165) is 23.0 Å². The van der Waals surface area contributed by atoms with Crippen molar-refractivity contribution in [3.05, 3.63) is 33.4 Å². The van der Waals surface area contributed by atoms with Crippen LogP contribution >= 0.6 is 23.1 Å². The number of hydrogen-bond acceptors (Lipinski definition) is 7. The van der Waals surface area contributed by atoms with Crippen LogP contribution in [0, 0.1) is 0 Å². The van der Waals surface area contributed by atoms with Gasteiger partial charge in [0.15, 0.2) is 5.16 Å². The summed E-state index contributed by atoms with van der Waals surface area (Å²) in [5.74, 6) is 1.93. The number of thiophene rings is 1. The third kappa shape index (κ3) is 2.71. The van der Waals surface area contributed by atoms with Crippen LogP contribution < -0.4 is 11.3 Å². The average molecular weight is 322 g/mol. The monoisotopic (exact) mass is 322 g/mol. The standard InChI is InChI=1S/C12H14N6OS2/c1-2-18-9(5-13)16-17-12(18)21-6-8-14-7-3-4-20-10(7)11(19)15-8/h3-4H,2,5-6,13H2,1H3,(H,14,15,19). The number of rotatable bonds is 5. The second-order valence-corrected chi connectivity index (χ2v) is 6.14. The number of nitrogens with two attached hydrogens (primary N) is 1. The first-order valence-electron chi connectivity index (χ1n) is 6.44. The summed E-state index contributed by atoms with van der Waals surface area (Å²) in [6.07, 6.45) is 0. The minimum absolute atomic E-state index is 0.0924. The van der Waals surface area contributed by atoms with Crippen LogP contribution in [0.25, 0.3) is 10.2 Å². The summed E-state index contributed by atoms with van der Waals surface area (Å²) in [4.78, 5) is 19.2. The zero-order valence-corrected chi connectivity index (χ0v) is 13.0. The van der Waals surface area contributed by atoms with Gasteiger partial charge in [-0.15, -0.1) is 21.5 Å². The molecule has 0 aliphatic rings. The maximum Gasteiger partial charge on any atom is 0.268 e. The first-order valence-corrected chi connectivity index (χ1v) is 8.30. The van der Waals surface area contributed by atoms with Gasteiger partial charge in [-0.1, -0.05) is 11.8 Å². The molecule has 0 atom stereocenters. The highest BCUT2D eigenvalue weighted by atomic mass is 32.2. The number of aromatic amines is 1. The van der Waals surface area contributed by atoms with Gasteiger partial charge >= 0.3 is 0 Å². The van der Waals surface area contributed by atoms with Crippen molar-refractivity contribution in [1.29, 1.82) is 0 Å². The van der Waals surface area contributed by atoms with E-state index >= 15 is 0 Å². The first kappa shape index (κ1) is 14.2. The van der Waals surface area contributed by atoms with Gasteiger partial charge < -0.3 is 15.3 Å². The summed E-state index contributed by atoms with van der Waals surface area (Å²) in [5.41, 5.74) is 6.27. The van der Waals surface area contributed by atoms with Gasteiger partial charge in [0.25, 0.3) is 5.56 Å². The molecule has 9 heteroatoms. The molecule has 0 saturated heterocycles. The smallest absolute Gasteiger partial charge is 0.268 e. The molecule has 0 aliphatic heterocycles. The summed E-state index contributed by atoms with van der Waals surface area (Å²) in [6, 6.07) is 1.85. The van der Waals surface area contributed by atoms with Crippen LogP contribution in [0.1, 0.15) is 18.6 Å². The zero-order valence-electron chi connectivity index (χ0n) is 11.4. The van der Waals surface area contributed by atoms with E-state index < -0.39 is 0 Å². The predicted octanol–water partition coefficient (Wildman–Crippen LogP) is 1.35. The molecule has 0 saturated carbocycles. The molecule has 0 aliphatic carbocycles. The Hall–Kier alpha value is -1.71. The van der Waals surface area contributed by atoms with E-state index in [1.807, 2.05) is 22.9 Å². The summed E-state index contributed by atoms with van der Waals surface area (Å²) < 4.78 is 2.62. The van der Waals surface area contributed by atoms with Crippen molar-refractivity contribution >= 4 is 33.3 Å². The minimum Gasteiger partial charge on any atom is -0.324 e. The second kappa shape index (κ2) is 5.96. The molecule has 3 aromatic rings. The van der Waals surface area contributed by atoms with Crippen LogP contribution in [-0.4, -0.2) is 24.7 Å². The number of aromatic nitrogens is 5. The lowest BCUT2D eigenvalue weighted by Crippen LogP contribution is -2.10. The molecule has 0 radical (unpaired) electrons. The van der Waals surface area contributed by atoms with Crippen LogP contribution in [0.4, 0.5) is 0 Å². The van der Waals surface area contributed by atoms with Gasteiger partial charge in [0, 0.05) is 6.54 Å². The predicted molar refractivity (Wildman–Crippen MR) is 83.4 cm³/mol. The number of thioether (sulfide) groups is 1. The fourth-order valence-corrected chi connectivity index (χ4v) is 3.63. The van der Waals surface area contributed by atoms with Gasteiger partial charge in [-0.05, 0) is 18.4 Å². The quantitative estimate of drug-likeness (QED) is 0.687.